The van der Waals surface area contributed by atoms with Crippen molar-refractivity contribution in [2.45, 2.75) is 12.7 Å². The van der Waals surface area contributed by atoms with Crippen molar-refractivity contribution in [3.8, 4) is 17.2 Å². The minimum atomic E-state index is -0.646. The van der Waals surface area contributed by atoms with Gasteiger partial charge in [0.15, 0.2) is 11.5 Å². The molecule has 1 aromatic heterocycles. The maximum absolute atomic E-state index is 10.4. The molecule has 1 unspecified atom stereocenters. The van der Waals surface area contributed by atoms with Crippen LogP contribution in [0.15, 0.2) is 97.1 Å². The second kappa shape index (κ2) is 11.6. The molecule has 0 radical (unpaired) electrons. The van der Waals surface area contributed by atoms with Gasteiger partial charge in [-0.25, -0.2) is 0 Å². The van der Waals surface area contributed by atoms with Crippen molar-refractivity contribution in [2.24, 2.45) is 0 Å². The Morgan fingerprint density at radius 1 is 0.694 bits per heavy atom. The van der Waals surface area contributed by atoms with E-state index in [-0.39, 0.29) is 6.61 Å². The number of H-pyrrole nitrogens is 1. The van der Waals surface area contributed by atoms with Gasteiger partial charge in [-0.3, -0.25) is 0 Å². The smallest absolute Gasteiger partial charge is 0.161 e. The van der Waals surface area contributed by atoms with E-state index in [9.17, 15) is 5.11 Å². The fraction of sp³-hybridized carbons (Fsp3) is 0.200. The molecule has 36 heavy (non-hydrogen) atoms. The Morgan fingerprint density at radius 3 is 2.25 bits per heavy atom. The predicted octanol–water partition coefficient (Wildman–Crippen LogP) is 5.31. The standard InChI is InChI=1S/C30H30N2O4/c33-23(21-36-29-16-8-13-26-30(29)24-11-4-5-12-25(24)32-26)19-31-17-18-34-27-14-6-7-15-28(27)35-20-22-9-2-1-3-10-22/h1-16,23,31-33H,17-21H2. The number of aliphatic hydroxyl groups is 1. The number of benzene rings is 4. The number of hydrogen-bond acceptors (Lipinski definition) is 5. The third-order valence-electron chi connectivity index (χ3n) is 5.93. The first kappa shape index (κ1) is 23.7. The van der Waals surface area contributed by atoms with Crippen molar-refractivity contribution in [1.82, 2.24) is 10.3 Å². The van der Waals surface area contributed by atoms with Gasteiger partial charge in [0.2, 0.25) is 0 Å². The summed E-state index contributed by atoms with van der Waals surface area (Å²) in [5.41, 5.74) is 3.19. The Bertz CT molecular complexity index is 1400. The zero-order valence-electron chi connectivity index (χ0n) is 20.0. The molecular weight excluding hydrogens is 452 g/mol. The van der Waals surface area contributed by atoms with Crippen LogP contribution in [0.5, 0.6) is 17.2 Å². The van der Waals surface area contributed by atoms with Gasteiger partial charge in [0, 0.05) is 29.4 Å². The summed E-state index contributed by atoms with van der Waals surface area (Å²) >= 11 is 0. The van der Waals surface area contributed by atoms with Crippen LogP contribution >= 0.6 is 0 Å². The van der Waals surface area contributed by atoms with Crippen LogP contribution in [0.2, 0.25) is 0 Å². The maximum atomic E-state index is 10.4. The Kier molecular flexibility index (Phi) is 7.66. The summed E-state index contributed by atoms with van der Waals surface area (Å²) in [6, 6.07) is 31.8. The number of fused-ring (bicyclic) bond motifs is 3. The van der Waals surface area contributed by atoms with E-state index < -0.39 is 6.10 Å². The van der Waals surface area contributed by atoms with Gasteiger partial charge in [-0.15, -0.1) is 0 Å². The molecule has 0 aliphatic carbocycles. The van der Waals surface area contributed by atoms with E-state index in [0.717, 1.165) is 33.1 Å². The molecule has 4 aromatic carbocycles. The van der Waals surface area contributed by atoms with Gasteiger partial charge in [-0.05, 0) is 35.9 Å². The SMILES string of the molecule is OC(CNCCOc1ccccc1OCc1ccccc1)COc1cccc2[nH]c3ccccc3c12. The number of rotatable bonds is 12. The molecule has 1 atom stereocenters. The number of para-hydroxylation sites is 3. The normalized spacial score (nSPS) is 12.0. The lowest BCUT2D eigenvalue weighted by atomic mass is 10.1. The van der Waals surface area contributed by atoms with Crippen LogP contribution < -0.4 is 19.5 Å². The monoisotopic (exact) mass is 482 g/mol. The summed E-state index contributed by atoms with van der Waals surface area (Å²) in [6.45, 7) is 2.12. The first-order valence-electron chi connectivity index (χ1n) is 12.2. The average Bonchev–Trinajstić information content (AvgIpc) is 3.31. The second-order valence-corrected chi connectivity index (χ2v) is 8.59. The number of aliphatic hydroxyl groups excluding tert-OH is 1. The molecule has 0 amide bonds. The van der Waals surface area contributed by atoms with E-state index in [1.165, 1.54) is 0 Å². The highest BCUT2D eigenvalue weighted by molar-refractivity contribution is 6.10. The van der Waals surface area contributed by atoms with E-state index in [1.807, 2.05) is 91.0 Å². The molecule has 1 heterocycles. The van der Waals surface area contributed by atoms with Crippen LogP contribution in [-0.2, 0) is 6.61 Å². The molecule has 0 aliphatic rings. The topological polar surface area (TPSA) is 75.7 Å². The summed E-state index contributed by atoms with van der Waals surface area (Å²) in [6.07, 6.45) is -0.646. The summed E-state index contributed by atoms with van der Waals surface area (Å²) in [5.74, 6) is 2.17. The van der Waals surface area contributed by atoms with Crippen molar-refractivity contribution in [3.63, 3.8) is 0 Å². The molecule has 6 nitrogen and oxygen atoms in total. The van der Waals surface area contributed by atoms with Crippen LogP contribution in [-0.4, -0.2) is 42.5 Å². The summed E-state index contributed by atoms with van der Waals surface area (Å²) in [4.78, 5) is 3.41. The van der Waals surface area contributed by atoms with E-state index >= 15 is 0 Å². The first-order chi connectivity index (χ1) is 17.8. The highest BCUT2D eigenvalue weighted by atomic mass is 16.5. The van der Waals surface area contributed by atoms with Crippen molar-refractivity contribution in [1.29, 1.82) is 0 Å². The predicted molar refractivity (Wildman–Crippen MR) is 143 cm³/mol. The molecule has 6 heteroatoms. The van der Waals surface area contributed by atoms with Gasteiger partial charge in [0.05, 0.1) is 5.52 Å². The van der Waals surface area contributed by atoms with Crippen LogP contribution in [0.25, 0.3) is 21.8 Å². The minimum Gasteiger partial charge on any atom is -0.490 e. The number of nitrogens with one attached hydrogen (secondary N) is 2. The Morgan fingerprint density at radius 2 is 1.39 bits per heavy atom. The molecule has 0 spiro atoms. The summed E-state index contributed by atoms with van der Waals surface area (Å²) in [5, 5.41) is 15.8. The average molecular weight is 483 g/mol. The molecule has 0 saturated carbocycles. The van der Waals surface area contributed by atoms with Gasteiger partial charge < -0.3 is 29.6 Å². The van der Waals surface area contributed by atoms with E-state index in [1.54, 1.807) is 0 Å². The van der Waals surface area contributed by atoms with Crippen LogP contribution in [0, 0.1) is 0 Å². The fourth-order valence-electron chi connectivity index (χ4n) is 4.16. The van der Waals surface area contributed by atoms with Crippen molar-refractivity contribution >= 4 is 21.8 Å². The van der Waals surface area contributed by atoms with Crippen molar-refractivity contribution < 1.29 is 19.3 Å². The molecule has 5 rings (SSSR count). The molecule has 5 aromatic rings. The fourth-order valence-corrected chi connectivity index (χ4v) is 4.16. The van der Waals surface area contributed by atoms with Crippen molar-refractivity contribution in [3.05, 3.63) is 103 Å². The summed E-state index contributed by atoms with van der Waals surface area (Å²) in [7, 11) is 0. The third kappa shape index (κ3) is 5.79. The zero-order chi connectivity index (χ0) is 24.6. The van der Waals surface area contributed by atoms with Crippen LogP contribution in [0.3, 0.4) is 0 Å². The molecule has 0 saturated heterocycles. The Labute approximate surface area is 210 Å². The van der Waals surface area contributed by atoms with Crippen molar-refractivity contribution in [2.75, 3.05) is 26.3 Å². The number of ether oxygens (including phenoxy) is 3. The first-order valence-corrected chi connectivity index (χ1v) is 12.2. The molecule has 0 bridgehead atoms. The lowest BCUT2D eigenvalue weighted by Crippen LogP contribution is -2.33. The lowest BCUT2D eigenvalue weighted by Gasteiger charge is -2.15. The van der Waals surface area contributed by atoms with Gasteiger partial charge in [0.1, 0.15) is 31.7 Å². The summed E-state index contributed by atoms with van der Waals surface area (Å²) < 4.78 is 17.8. The van der Waals surface area contributed by atoms with Crippen LogP contribution in [0.1, 0.15) is 5.56 Å². The van der Waals surface area contributed by atoms with Crippen LogP contribution in [0.4, 0.5) is 0 Å². The highest BCUT2D eigenvalue weighted by Crippen LogP contribution is 2.33. The molecule has 3 N–H and O–H groups in total. The highest BCUT2D eigenvalue weighted by Gasteiger charge is 2.11. The molecular formula is C30H30N2O4. The minimum absolute atomic E-state index is 0.197. The number of aromatic amines is 1. The number of hydrogen-bond donors (Lipinski definition) is 3. The zero-order valence-corrected chi connectivity index (χ0v) is 20.0. The third-order valence-corrected chi connectivity index (χ3v) is 5.93. The quantitative estimate of drug-likeness (QED) is 0.210. The lowest BCUT2D eigenvalue weighted by molar-refractivity contribution is 0.106. The molecule has 0 aliphatic heterocycles. The van der Waals surface area contributed by atoms with Gasteiger partial charge in [-0.1, -0.05) is 66.7 Å². The Hall–Kier alpha value is -4.00. The van der Waals surface area contributed by atoms with E-state index in [2.05, 4.69) is 16.4 Å². The molecule has 0 fully saturated rings. The Balaban J connectivity index is 1.06. The maximum Gasteiger partial charge on any atom is 0.161 e. The molecule has 184 valence electrons. The van der Waals surface area contributed by atoms with Gasteiger partial charge in [-0.2, -0.15) is 0 Å². The van der Waals surface area contributed by atoms with Gasteiger partial charge >= 0.3 is 0 Å². The van der Waals surface area contributed by atoms with E-state index in [4.69, 9.17) is 14.2 Å². The van der Waals surface area contributed by atoms with Gasteiger partial charge in [0.25, 0.3) is 0 Å². The largest absolute Gasteiger partial charge is 0.490 e. The van der Waals surface area contributed by atoms with E-state index in [0.29, 0.717) is 37.8 Å². The number of aromatic nitrogens is 1. The second-order valence-electron chi connectivity index (χ2n) is 8.59.